The van der Waals surface area contributed by atoms with Gasteiger partial charge in [0.05, 0.1) is 18.3 Å². The lowest BCUT2D eigenvalue weighted by Gasteiger charge is -2.28. The molecule has 0 aliphatic carbocycles. The Morgan fingerprint density at radius 1 is 1.29 bits per heavy atom. The van der Waals surface area contributed by atoms with E-state index in [1.807, 2.05) is 42.5 Å². The number of pyridine rings is 1. The van der Waals surface area contributed by atoms with Crippen molar-refractivity contribution in [2.24, 2.45) is 0 Å². The van der Waals surface area contributed by atoms with Crippen molar-refractivity contribution in [3.63, 3.8) is 0 Å². The van der Waals surface area contributed by atoms with Crippen LogP contribution in [0.25, 0.3) is 0 Å². The molecule has 1 fully saturated rings. The Balaban J connectivity index is 1.69. The Morgan fingerprint density at radius 3 is 2.79 bits per heavy atom. The molecule has 1 saturated heterocycles. The third-order valence-electron chi connectivity index (χ3n) is 3.91. The maximum Gasteiger partial charge on any atom is 0.173 e. The van der Waals surface area contributed by atoms with Crippen LogP contribution in [0.1, 0.15) is 18.5 Å². The van der Waals surface area contributed by atoms with Gasteiger partial charge in [-0.2, -0.15) is 0 Å². The molecule has 1 aromatic heterocycles. The van der Waals surface area contributed by atoms with Gasteiger partial charge in [0, 0.05) is 30.1 Å². The first-order chi connectivity index (χ1) is 11.7. The normalized spacial score (nSPS) is 16.8. The molecular formula is C18H20ClN3OS. The zero-order chi connectivity index (χ0) is 16.8. The third kappa shape index (κ3) is 4.90. The van der Waals surface area contributed by atoms with Crippen molar-refractivity contribution in [1.29, 1.82) is 0 Å². The van der Waals surface area contributed by atoms with Gasteiger partial charge in [-0.1, -0.05) is 17.7 Å². The minimum atomic E-state index is 0.221. The number of ether oxygens (including phenoxy) is 1. The number of thiocarbonyl (C=S) groups is 1. The third-order valence-corrected chi connectivity index (χ3v) is 4.52. The molecule has 2 aromatic rings. The van der Waals surface area contributed by atoms with Crippen LogP contribution >= 0.6 is 23.8 Å². The fraction of sp³-hybridized carbons (Fsp3) is 0.333. The summed E-state index contributed by atoms with van der Waals surface area (Å²) >= 11 is 11.6. The van der Waals surface area contributed by atoms with E-state index in [-0.39, 0.29) is 6.10 Å². The predicted molar refractivity (Wildman–Crippen MR) is 101 cm³/mol. The smallest absolute Gasteiger partial charge is 0.173 e. The van der Waals surface area contributed by atoms with Gasteiger partial charge in [-0.25, -0.2) is 0 Å². The summed E-state index contributed by atoms with van der Waals surface area (Å²) in [4.78, 5) is 6.52. The van der Waals surface area contributed by atoms with Crippen LogP contribution in [-0.2, 0) is 11.3 Å². The largest absolute Gasteiger partial charge is 0.376 e. The second-order valence-corrected chi connectivity index (χ2v) is 6.60. The van der Waals surface area contributed by atoms with Crippen LogP contribution in [0.5, 0.6) is 0 Å². The molecule has 1 aliphatic heterocycles. The van der Waals surface area contributed by atoms with Crippen LogP contribution in [0.15, 0.2) is 48.7 Å². The van der Waals surface area contributed by atoms with Crippen LogP contribution in [0.2, 0.25) is 5.02 Å². The van der Waals surface area contributed by atoms with Crippen LogP contribution in [0.4, 0.5) is 5.69 Å². The van der Waals surface area contributed by atoms with Crippen LogP contribution in [-0.4, -0.2) is 34.3 Å². The van der Waals surface area contributed by atoms with Crippen molar-refractivity contribution in [2.75, 3.05) is 18.5 Å². The summed E-state index contributed by atoms with van der Waals surface area (Å²) in [6, 6.07) is 13.4. The summed E-state index contributed by atoms with van der Waals surface area (Å²) < 4.78 is 5.77. The zero-order valence-electron chi connectivity index (χ0n) is 13.3. The number of nitrogens with zero attached hydrogens (tertiary/aromatic N) is 2. The molecule has 1 aliphatic rings. The lowest BCUT2D eigenvalue weighted by Crippen LogP contribution is -2.39. The lowest BCUT2D eigenvalue weighted by atomic mass is 10.2. The van der Waals surface area contributed by atoms with Crippen molar-refractivity contribution >= 4 is 34.6 Å². The van der Waals surface area contributed by atoms with E-state index in [1.165, 1.54) is 0 Å². The highest BCUT2D eigenvalue weighted by atomic mass is 35.5. The molecule has 1 atom stereocenters. The molecule has 0 bridgehead atoms. The Labute approximate surface area is 152 Å². The highest BCUT2D eigenvalue weighted by Crippen LogP contribution is 2.17. The standard InChI is InChI=1S/C18H20ClN3OS/c19-14-6-8-15(9-7-14)21-18(24)22(13-17-5-3-11-23-17)12-16-4-1-2-10-20-16/h1-2,4,6-10,17H,3,5,11-13H2,(H,21,24). The van der Waals surface area contributed by atoms with Gasteiger partial charge in [-0.05, 0) is 61.5 Å². The van der Waals surface area contributed by atoms with Crippen molar-refractivity contribution in [3.05, 3.63) is 59.4 Å². The minimum absolute atomic E-state index is 0.221. The maximum absolute atomic E-state index is 5.94. The van der Waals surface area contributed by atoms with E-state index in [4.69, 9.17) is 28.6 Å². The van der Waals surface area contributed by atoms with Crippen molar-refractivity contribution in [1.82, 2.24) is 9.88 Å². The van der Waals surface area contributed by atoms with E-state index >= 15 is 0 Å². The van der Waals surface area contributed by atoms with Crippen LogP contribution in [0, 0.1) is 0 Å². The fourth-order valence-electron chi connectivity index (χ4n) is 2.68. The molecule has 0 radical (unpaired) electrons. The highest BCUT2D eigenvalue weighted by Gasteiger charge is 2.21. The van der Waals surface area contributed by atoms with Gasteiger partial charge in [0.25, 0.3) is 0 Å². The number of rotatable bonds is 5. The second-order valence-electron chi connectivity index (χ2n) is 5.77. The Hall–Kier alpha value is -1.69. The second kappa shape index (κ2) is 8.42. The van der Waals surface area contributed by atoms with Crippen molar-refractivity contribution in [3.8, 4) is 0 Å². The average Bonchev–Trinajstić information content (AvgIpc) is 3.10. The van der Waals surface area contributed by atoms with Crippen LogP contribution < -0.4 is 5.32 Å². The SMILES string of the molecule is S=C(Nc1ccc(Cl)cc1)N(Cc1ccccn1)CC1CCCO1. The number of aromatic nitrogens is 1. The molecule has 126 valence electrons. The van der Waals surface area contributed by atoms with Gasteiger partial charge in [0.15, 0.2) is 5.11 Å². The molecule has 1 N–H and O–H groups in total. The first-order valence-corrected chi connectivity index (χ1v) is 8.82. The molecule has 4 nitrogen and oxygen atoms in total. The number of anilines is 1. The van der Waals surface area contributed by atoms with Crippen LogP contribution in [0.3, 0.4) is 0 Å². The molecule has 1 unspecified atom stereocenters. The van der Waals surface area contributed by atoms with Gasteiger partial charge in [-0.15, -0.1) is 0 Å². The number of benzene rings is 1. The molecule has 24 heavy (non-hydrogen) atoms. The molecule has 2 heterocycles. The molecule has 0 spiro atoms. The van der Waals surface area contributed by atoms with E-state index in [1.54, 1.807) is 6.20 Å². The molecule has 0 saturated carbocycles. The number of hydrogen-bond donors (Lipinski definition) is 1. The van der Waals surface area contributed by atoms with Crippen molar-refractivity contribution < 1.29 is 4.74 Å². The van der Waals surface area contributed by atoms with Gasteiger partial charge >= 0.3 is 0 Å². The maximum atomic E-state index is 5.94. The zero-order valence-corrected chi connectivity index (χ0v) is 14.9. The first kappa shape index (κ1) is 17.1. The van der Waals surface area contributed by atoms with Crippen molar-refractivity contribution in [2.45, 2.75) is 25.5 Å². The summed E-state index contributed by atoms with van der Waals surface area (Å²) in [5, 5.41) is 4.65. The lowest BCUT2D eigenvalue weighted by molar-refractivity contribution is 0.0903. The van der Waals surface area contributed by atoms with E-state index in [2.05, 4.69) is 15.2 Å². The van der Waals surface area contributed by atoms with E-state index in [9.17, 15) is 0 Å². The topological polar surface area (TPSA) is 37.4 Å². The summed E-state index contributed by atoms with van der Waals surface area (Å²) in [7, 11) is 0. The average molecular weight is 362 g/mol. The summed E-state index contributed by atoms with van der Waals surface area (Å²) in [5.41, 5.74) is 1.90. The quantitative estimate of drug-likeness (QED) is 0.811. The summed E-state index contributed by atoms with van der Waals surface area (Å²) in [6.07, 6.45) is 4.20. The van der Waals surface area contributed by atoms with Gasteiger partial charge < -0.3 is 15.0 Å². The first-order valence-electron chi connectivity index (χ1n) is 8.04. The number of halogens is 1. The minimum Gasteiger partial charge on any atom is -0.376 e. The van der Waals surface area contributed by atoms with Gasteiger partial charge in [-0.3, -0.25) is 4.98 Å². The molecule has 1 aromatic carbocycles. The van der Waals surface area contributed by atoms with E-state index in [0.29, 0.717) is 16.7 Å². The molecular weight excluding hydrogens is 342 g/mol. The Kier molecular flexibility index (Phi) is 6.01. The number of nitrogens with one attached hydrogen (secondary N) is 1. The van der Waals surface area contributed by atoms with Gasteiger partial charge in [0.1, 0.15) is 0 Å². The van der Waals surface area contributed by atoms with E-state index in [0.717, 1.165) is 37.4 Å². The molecule has 3 rings (SSSR count). The van der Waals surface area contributed by atoms with Gasteiger partial charge in [0.2, 0.25) is 0 Å². The number of hydrogen-bond acceptors (Lipinski definition) is 3. The summed E-state index contributed by atoms with van der Waals surface area (Å²) in [5.74, 6) is 0. The molecule has 6 heteroatoms. The monoisotopic (exact) mass is 361 g/mol. The molecule has 0 amide bonds. The Bertz CT molecular complexity index is 660. The Morgan fingerprint density at radius 2 is 2.12 bits per heavy atom. The van der Waals surface area contributed by atoms with E-state index < -0.39 is 0 Å². The highest BCUT2D eigenvalue weighted by molar-refractivity contribution is 7.80. The summed E-state index contributed by atoms with van der Waals surface area (Å²) in [6.45, 7) is 2.25. The predicted octanol–water partition coefficient (Wildman–Crippen LogP) is 4.11. The fourth-order valence-corrected chi connectivity index (χ4v) is 3.06.